The molecule has 1 unspecified atom stereocenters. The number of imidazole rings is 1. The first kappa shape index (κ1) is 30.2. The summed E-state index contributed by atoms with van der Waals surface area (Å²) in [5.41, 5.74) is 3.10. The van der Waals surface area contributed by atoms with Gasteiger partial charge in [-0.1, -0.05) is 126 Å². The number of aromatic nitrogens is 2. The van der Waals surface area contributed by atoms with Crippen LogP contribution in [-0.2, 0) is 17.8 Å². The fourth-order valence-electron chi connectivity index (χ4n) is 5.27. The first-order valence-corrected chi connectivity index (χ1v) is 15.4. The minimum absolute atomic E-state index is 0.00470. The van der Waals surface area contributed by atoms with Crippen LogP contribution in [0.4, 0.5) is 0 Å². The highest BCUT2D eigenvalue weighted by Crippen LogP contribution is 2.22. The Morgan fingerprint density at radius 3 is 1.97 bits per heavy atom. The largest absolute Gasteiger partial charge is 0.346 e. The maximum Gasteiger partial charge on any atom is 0.224 e. The molecule has 1 heterocycles. The van der Waals surface area contributed by atoms with Gasteiger partial charge in [-0.2, -0.15) is 0 Å². The normalized spacial score (nSPS) is 12.2. The van der Waals surface area contributed by atoms with Gasteiger partial charge in [0, 0.05) is 11.6 Å². The number of aryl methyl sites for hydroxylation is 1. The van der Waals surface area contributed by atoms with E-state index in [1.165, 1.54) is 83.5 Å². The summed E-state index contributed by atoms with van der Waals surface area (Å²) in [5.74, 6) is 0.931. The van der Waals surface area contributed by atoms with Gasteiger partial charge in [0.2, 0.25) is 5.91 Å². The summed E-state index contributed by atoms with van der Waals surface area (Å²) in [6, 6.07) is 15.6. The van der Waals surface area contributed by atoms with E-state index in [0.29, 0.717) is 11.4 Å². The summed E-state index contributed by atoms with van der Waals surface area (Å²) in [6.45, 7) is 5.25. The maximum atomic E-state index is 12.7. The summed E-state index contributed by atoms with van der Waals surface area (Å²) < 4.78 is 2.31. The first-order chi connectivity index (χ1) is 18.6. The zero-order chi connectivity index (χ0) is 27.0. The van der Waals surface area contributed by atoms with Crippen molar-refractivity contribution in [1.82, 2.24) is 14.9 Å². The number of rotatable bonds is 19. The van der Waals surface area contributed by atoms with Crippen LogP contribution in [0.5, 0.6) is 0 Å². The number of para-hydroxylation sites is 2. The van der Waals surface area contributed by atoms with E-state index in [2.05, 4.69) is 35.0 Å². The van der Waals surface area contributed by atoms with E-state index in [1.54, 1.807) is 0 Å². The van der Waals surface area contributed by atoms with Crippen molar-refractivity contribution >= 4 is 28.5 Å². The molecule has 2 aromatic carbocycles. The molecular formula is C33H48ClN3O. The molecule has 0 saturated carbocycles. The van der Waals surface area contributed by atoms with Gasteiger partial charge in [-0.3, -0.25) is 4.79 Å². The summed E-state index contributed by atoms with van der Waals surface area (Å²) in [7, 11) is 0. The average Bonchev–Trinajstić information content (AvgIpc) is 3.29. The molecule has 1 N–H and O–H groups in total. The summed E-state index contributed by atoms with van der Waals surface area (Å²) >= 11 is 5.97. The highest BCUT2D eigenvalue weighted by Gasteiger charge is 2.18. The predicted molar refractivity (Wildman–Crippen MR) is 162 cm³/mol. The Morgan fingerprint density at radius 1 is 0.816 bits per heavy atom. The van der Waals surface area contributed by atoms with Crippen molar-refractivity contribution in [3.05, 3.63) is 64.9 Å². The van der Waals surface area contributed by atoms with E-state index >= 15 is 0 Å². The lowest BCUT2D eigenvalue weighted by molar-refractivity contribution is -0.121. The van der Waals surface area contributed by atoms with E-state index in [0.717, 1.165) is 35.4 Å². The standard InChI is InChI=1S/C33H48ClN3O/c1-3-4-5-6-7-8-9-10-11-12-13-14-15-18-25-37-31-20-17-16-19-30(31)36-33(37)27(2)35-32(38)26-28-21-23-29(34)24-22-28/h16-17,19-24,27H,3-15,18,25-26H2,1-2H3,(H,35,38). The van der Waals surface area contributed by atoms with Crippen LogP contribution in [0.3, 0.4) is 0 Å². The van der Waals surface area contributed by atoms with Crippen LogP contribution in [0.2, 0.25) is 5.02 Å². The average molecular weight is 538 g/mol. The third-order valence-electron chi connectivity index (χ3n) is 7.46. The molecule has 0 fully saturated rings. The Kier molecular flexibility index (Phi) is 13.8. The quantitative estimate of drug-likeness (QED) is 0.155. The molecule has 0 saturated heterocycles. The van der Waals surface area contributed by atoms with E-state index < -0.39 is 0 Å². The van der Waals surface area contributed by atoms with Gasteiger partial charge in [0.25, 0.3) is 0 Å². The van der Waals surface area contributed by atoms with Crippen molar-refractivity contribution in [2.45, 2.75) is 123 Å². The second kappa shape index (κ2) is 17.3. The summed E-state index contributed by atoms with van der Waals surface area (Å²) in [4.78, 5) is 17.6. The second-order valence-electron chi connectivity index (χ2n) is 10.8. The van der Waals surface area contributed by atoms with Gasteiger partial charge < -0.3 is 9.88 Å². The molecule has 1 amide bonds. The molecule has 0 aliphatic heterocycles. The van der Waals surface area contributed by atoms with Crippen LogP contribution in [0.25, 0.3) is 11.0 Å². The van der Waals surface area contributed by atoms with Crippen LogP contribution < -0.4 is 5.32 Å². The minimum atomic E-state index is -0.158. The number of unbranched alkanes of at least 4 members (excludes halogenated alkanes) is 13. The zero-order valence-electron chi connectivity index (χ0n) is 23.7. The van der Waals surface area contributed by atoms with Gasteiger partial charge in [0.05, 0.1) is 23.5 Å². The molecule has 0 aliphatic carbocycles. The lowest BCUT2D eigenvalue weighted by Gasteiger charge is -2.16. The monoisotopic (exact) mass is 537 g/mol. The molecule has 1 atom stereocenters. The molecule has 0 bridgehead atoms. The van der Waals surface area contributed by atoms with Crippen LogP contribution in [-0.4, -0.2) is 15.5 Å². The molecule has 3 aromatic rings. The fourth-order valence-corrected chi connectivity index (χ4v) is 5.39. The van der Waals surface area contributed by atoms with Gasteiger partial charge in [0.15, 0.2) is 0 Å². The number of benzene rings is 2. The number of carbonyl (C=O) groups is 1. The van der Waals surface area contributed by atoms with Crippen LogP contribution in [0, 0.1) is 0 Å². The first-order valence-electron chi connectivity index (χ1n) is 15.1. The highest BCUT2D eigenvalue weighted by molar-refractivity contribution is 6.30. The van der Waals surface area contributed by atoms with Crippen molar-refractivity contribution < 1.29 is 4.79 Å². The van der Waals surface area contributed by atoms with E-state index in [4.69, 9.17) is 16.6 Å². The number of fused-ring (bicyclic) bond motifs is 1. The maximum absolute atomic E-state index is 12.7. The van der Waals surface area contributed by atoms with Gasteiger partial charge in [-0.25, -0.2) is 4.98 Å². The lowest BCUT2D eigenvalue weighted by atomic mass is 10.0. The molecule has 3 rings (SSSR count). The number of hydrogen-bond donors (Lipinski definition) is 1. The number of halogens is 1. The molecule has 0 aliphatic rings. The third kappa shape index (κ3) is 10.4. The highest BCUT2D eigenvalue weighted by atomic mass is 35.5. The topological polar surface area (TPSA) is 46.9 Å². The molecular weight excluding hydrogens is 490 g/mol. The molecule has 38 heavy (non-hydrogen) atoms. The molecule has 0 radical (unpaired) electrons. The second-order valence-corrected chi connectivity index (χ2v) is 11.2. The van der Waals surface area contributed by atoms with Gasteiger partial charge in [-0.05, 0) is 43.2 Å². The smallest absolute Gasteiger partial charge is 0.224 e. The van der Waals surface area contributed by atoms with Crippen molar-refractivity contribution in [2.75, 3.05) is 0 Å². The van der Waals surface area contributed by atoms with Gasteiger partial charge >= 0.3 is 0 Å². The van der Waals surface area contributed by atoms with Gasteiger partial charge in [-0.15, -0.1) is 0 Å². The molecule has 208 valence electrons. The van der Waals surface area contributed by atoms with Crippen molar-refractivity contribution in [3.8, 4) is 0 Å². The Labute approximate surface area is 235 Å². The Hall–Kier alpha value is -2.33. The number of carbonyl (C=O) groups excluding carboxylic acids is 1. The Balaban J connectivity index is 1.39. The van der Waals surface area contributed by atoms with Gasteiger partial charge in [0.1, 0.15) is 5.82 Å². The number of hydrogen-bond acceptors (Lipinski definition) is 2. The van der Waals surface area contributed by atoms with Crippen molar-refractivity contribution in [2.24, 2.45) is 0 Å². The lowest BCUT2D eigenvalue weighted by Crippen LogP contribution is -2.30. The van der Waals surface area contributed by atoms with Crippen LogP contribution in [0.1, 0.15) is 121 Å². The zero-order valence-corrected chi connectivity index (χ0v) is 24.4. The Bertz CT molecular complexity index is 1080. The molecule has 5 heteroatoms. The third-order valence-corrected chi connectivity index (χ3v) is 7.71. The van der Waals surface area contributed by atoms with E-state index in [1.807, 2.05) is 37.3 Å². The SMILES string of the molecule is CCCCCCCCCCCCCCCCn1c(C(C)NC(=O)Cc2ccc(Cl)cc2)nc2ccccc21. The van der Waals surface area contributed by atoms with Crippen LogP contribution >= 0.6 is 11.6 Å². The number of amides is 1. The Morgan fingerprint density at radius 2 is 1.37 bits per heavy atom. The summed E-state index contributed by atoms with van der Waals surface area (Å²) in [5, 5.41) is 3.84. The van der Waals surface area contributed by atoms with Crippen LogP contribution in [0.15, 0.2) is 48.5 Å². The van der Waals surface area contributed by atoms with E-state index in [-0.39, 0.29) is 11.9 Å². The molecule has 1 aromatic heterocycles. The van der Waals surface area contributed by atoms with Crippen molar-refractivity contribution in [3.63, 3.8) is 0 Å². The fraction of sp³-hybridized carbons (Fsp3) is 0.576. The number of nitrogens with zero attached hydrogens (tertiary/aromatic N) is 2. The minimum Gasteiger partial charge on any atom is -0.346 e. The van der Waals surface area contributed by atoms with Crippen molar-refractivity contribution in [1.29, 1.82) is 0 Å². The summed E-state index contributed by atoms with van der Waals surface area (Å²) in [6.07, 6.45) is 19.3. The molecule has 4 nitrogen and oxygen atoms in total. The van der Waals surface area contributed by atoms with E-state index in [9.17, 15) is 4.79 Å². The number of nitrogens with one attached hydrogen (secondary N) is 1. The predicted octanol–water partition coefficient (Wildman–Crippen LogP) is 9.59. The molecule has 0 spiro atoms.